The highest BCUT2D eigenvalue weighted by atomic mass is 35.5. The molecule has 2 aromatic heterocycles. The van der Waals surface area contributed by atoms with Gasteiger partial charge in [0.1, 0.15) is 18.8 Å². The minimum Gasteiger partial charge on any atom is -0.320 e. The molecule has 2 aromatic carbocycles. The van der Waals surface area contributed by atoms with Crippen molar-refractivity contribution in [1.29, 1.82) is 0 Å². The fourth-order valence-corrected chi connectivity index (χ4v) is 5.02. The molecule has 0 radical (unpaired) electrons. The van der Waals surface area contributed by atoms with Crippen LogP contribution in [0.3, 0.4) is 0 Å². The number of anilines is 1. The average Bonchev–Trinajstić information content (AvgIpc) is 2.82. The van der Waals surface area contributed by atoms with Gasteiger partial charge < -0.3 is 5.32 Å². The maximum atomic E-state index is 13.3. The number of carbonyl (C=O) groups is 1. The molecule has 4 rings (SSSR count). The van der Waals surface area contributed by atoms with E-state index in [1.54, 1.807) is 24.4 Å². The van der Waals surface area contributed by atoms with Gasteiger partial charge in [0.2, 0.25) is 5.91 Å². The second kappa shape index (κ2) is 9.24. The van der Waals surface area contributed by atoms with Gasteiger partial charge in [-0.1, -0.05) is 29.8 Å². The number of hydrogen-bond acceptors (Lipinski definition) is 5. The summed E-state index contributed by atoms with van der Waals surface area (Å²) in [5.74, 6) is -0.584. The minimum atomic E-state index is -4.53. The standard InChI is InChI=1S/C23H19ClN4O5S/c1-2-26-12-6-7-17(14-26)25-21(29)15-27-20-13-16(24)10-11-19(20)22(30)28(23(27)31)34(32,33)18-8-4-3-5-9-18/h3-14H,2,15H2,1H3/p+1. The molecule has 1 amide bonds. The van der Waals surface area contributed by atoms with Crippen LogP contribution in [0.4, 0.5) is 5.69 Å². The van der Waals surface area contributed by atoms with E-state index in [0.717, 1.165) is 4.57 Å². The first-order chi connectivity index (χ1) is 16.2. The lowest BCUT2D eigenvalue weighted by Gasteiger charge is -2.14. The van der Waals surface area contributed by atoms with Crippen molar-refractivity contribution >= 4 is 44.1 Å². The molecule has 0 fully saturated rings. The molecule has 9 nitrogen and oxygen atoms in total. The van der Waals surface area contributed by atoms with Crippen LogP contribution < -0.4 is 21.1 Å². The number of fused-ring (bicyclic) bond motifs is 1. The van der Waals surface area contributed by atoms with Crippen LogP contribution in [0.5, 0.6) is 0 Å². The lowest BCUT2D eigenvalue weighted by Crippen LogP contribution is -2.45. The quantitative estimate of drug-likeness (QED) is 0.408. The first-order valence-corrected chi connectivity index (χ1v) is 12.1. The number of halogens is 1. The van der Waals surface area contributed by atoms with E-state index in [0.29, 0.717) is 12.2 Å². The van der Waals surface area contributed by atoms with E-state index < -0.39 is 33.7 Å². The van der Waals surface area contributed by atoms with Crippen LogP contribution in [-0.4, -0.2) is 22.9 Å². The number of pyridine rings is 1. The first-order valence-electron chi connectivity index (χ1n) is 10.3. The number of carbonyl (C=O) groups excluding carboxylic acids is 1. The number of rotatable bonds is 6. The molecule has 0 aliphatic rings. The minimum absolute atomic E-state index is 0.0499. The number of aryl methyl sites for hydroxylation is 1. The van der Waals surface area contributed by atoms with Gasteiger partial charge in [-0.3, -0.25) is 14.2 Å². The Bertz CT molecular complexity index is 1630. The zero-order valence-electron chi connectivity index (χ0n) is 18.0. The Morgan fingerprint density at radius 1 is 1.06 bits per heavy atom. The number of nitrogens with one attached hydrogen (secondary N) is 1. The maximum Gasteiger partial charge on any atom is 0.346 e. The van der Waals surface area contributed by atoms with Gasteiger partial charge in [-0.15, -0.1) is 3.97 Å². The zero-order chi connectivity index (χ0) is 24.5. The molecule has 0 bridgehead atoms. The van der Waals surface area contributed by atoms with Crippen LogP contribution in [0.15, 0.2) is 87.5 Å². The molecule has 174 valence electrons. The highest BCUT2D eigenvalue weighted by Crippen LogP contribution is 2.17. The lowest BCUT2D eigenvalue weighted by atomic mass is 10.2. The molecule has 0 saturated heterocycles. The largest absolute Gasteiger partial charge is 0.346 e. The number of nitrogens with zero attached hydrogens (tertiary/aromatic N) is 3. The molecule has 0 aliphatic carbocycles. The van der Waals surface area contributed by atoms with Crippen molar-refractivity contribution in [2.75, 3.05) is 5.32 Å². The van der Waals surface area contributed by atoms with Gasteiger partial charge in [0.05, 0.1) is 15.8 Å². The predicted octanol–water partition coefficient (Wildman–Crippen LogP) is 2.00. The molecular weight excluding hydrogens is 480 g/mol. The van der Waals surface area contributed by atoms with E-state index in [9.17, 15) is 22.8 Å². The van der Waals surface area contributed by atoms with Gasteiger partial charge in [-0.2, -0.15) is 0 Å². The van der Waals surface area contributed by atoms with Crippen molar-refractivity contribution in [3.8, 4) is 0 Å². The second-order valence-corrected chi connectivity index (χ2v) is 9.61. The molecule has 0 atom stereocenters. The van der Waals surface area contributed by atoms with Crippen LogP contribution in [0.1, 0.15) is 6.92 Å². The summed E-state index contributed by atoms with van der Waals surface area (Å²) < 4.78 is 29.4. The van der Waals surface area contributed by atoms with Crippen molar-refractivity contribution in [3.05, 3.63) is 98.9 Å². The van der Waals surface area contributed by atoms with Gasteiger partial charge in [0.15, 0.2) is 12.4 Å². The van der Waals surface area contributed by atoms with Crippen molar-refractivity contribution in [1.82, 2.24) is 8.54 Å². The average molecular weight is 500 g/mol. The topological polar surface area (TPSA) is 111 Å². The third kappa shape index (κ3) is 4.37. The van der Waals surface area contributed by atoms with Crippen molar-refractivity contribution < 1.29 is 17.8 Å². The van der Waals surface area contributed by atoms with E-state index in [2.05, 4.69) is 5.32 Å². The number of hydrogen-bond donors (Lipinski definition) is 1. The molecule has 11 heteroatoms. The van der Waals surface area contributed by atoms with E-state index in [-0.39, 0.29) is 24.8 Å². The SMILES string of the molecule is CC[n+]1cccc(NC(=O)Cn2c(=O)n(S(=O)(=O)c3ccccc3)c(=O)c3ccc(Cl)cc32)c1. The summed E-state index contributed by atoms with van der Waals surface area (Å²) in [4.78, 5) is 39.0. The molecule has 0 saturated carbocycles. The molecule has 34 heavy (non-hydrogen) atoms. The molecule has 4 aromatic rings. The normalized spacial score (nSPS) is 11.5. The predicted molar refractivity (Wildman–Crippen MR) is 127 cm³/mol. The first kappa shape index (κ1) is 23.4. The lowest BCUT2D eigenvalue weighted by molar-refractivity contribution is -0.692. The van der Waals surface area contributed by atoms with E-state index in [1.165, 1.54) is 42.5 Å². The molecule has 0 spiro atoms. The third-order valence-electron chi connectivity index (χ3n) is 5.16. The highest BCUT2D eigenvalue weighted by Gasteiger charge is 2.26. The molecular formula is C23H20ClN4O5S+. The fraction of sp³-hybridized carbons (Fsp3) is 0.130. The summed E-state index contributed by atoms with van der Waals surface area (Å²) in [6.07, 6.45) is 3.55. The van der Waals surface area contributed by atoms with Crippen LogP contribution in [0.25, 0.3) is 10.9 Å². The van der Waals surface area contributed by atoms with Crippen molar-refractivity contribution in [2.45, 2.75) is 24.9 Å². The molecule has 1 N–H and O–H groups in total. The zero-order valence-corrected chi connectivity index (χ0v) is 19.6. The monoisotopic (exact) mass is 499 g/mol. The van der Waals surface area contributed by atoms with Crippen LogP contribution >= 0.6 is 11.6 Å². The van der Waals surface area contributed by atoms with E-state index in [1.807, 2.05) is 17.7 Å². The smallest absolute Gasteiger partial charge is 0.320 e. The molecule has 2 heterocycles. The molecule has 0 unspecified atom stereocenters. The highest BCUT2D eigenvalue weighted by molar-refractivity contribution is 7.90. The third-order valence-corrected chi connectivity index (χ3v) is 7.07. The summed E-state index contributed by atoms with van der Waals surface area (Å²) in [6, 6.07) is 14.7. The van der Waals surface area contributed by atoms with Gasteiger partial charge in [0, 0.05) is 11.1 Å². The van der Waals surface area contributed by atoms with Gasteiger partial charge >= 0.3 is 5.69 Å². The Kier molecular flexibility index (Phi) is 6.36. The Hall–Kier alpha value is -3.76. The Labute approximate surface area is 199 Å². The Morgan fingerprint density at radius 3 is 2.50 bits per heavy atom. The van der Waals surface area contributed by atoms with E-state index >= 15 is 0 Å². The van der Waals surface area contributed by atoms with E-state index in [4.69, 9.17) is 11.6 Å². The number of aromatic nitrogens is 3. The summed E-state index contributed by atoms with van der Waals surface area (Å²) >= 11 is 6.07. The summed E-state index contributed by atoms with van der Waals surface area (Å²) in [6.45, 7) is 2.09. The fourth-order valence-electron chi connectivity index (χ4n) is 3.52. The van der Waals surface area contributed by atoms with Gasteiger partial charge in [0.25, 0.3) is 15.6 Å². The van der Waals surface area contributed by atoms with Gasteiger partial charge in [-0.05, 0) is 43.3 Å². The Morgan fingerprint density at radius 2 is 1.79 bits per heavy atom. The van der Waals surface area contributed by atoms with Gasteiger partial charge in [-0.25, -0.2) is 17.8 Å². The summed E-state index contributed by atoms with van der Waals surface area (Å²) in [5, 5.41) is 2.84. The van der Waals surface area contributed by atoms with Crippen LogP contribution in [0.2, 0.25) is 5.02 Å². The number of benzene rings is 2. The maximum absolute atomic E-state index is 13.3. The van der Waals surface area contributed by atoms with Crippen molar-refractivity contribution in [2.24, 2.45) is 0 Å². The van der Waals surface area contributed by atoms with Crippen LogP contribution in [-0.2, 0) is 27.9 Å². The summed E-state index contributed by atoms with van der Waals surface area (Å²) in [5.41, 5.74) is -1.65. The molecule has 0 aliphatic heterocycles. The van der Waals surface area contributed by atoms with Crippen molar-refractivity contribution in [3.63, 3.8) is 0 Å². The number of amides is 1. The second-order valence-electron chi connectivity index (χ2n) is 7.39. The van der Waals surface area contributed by atoms with Crippen LogP contribution in [0, 0.1) is 0 Å². The Balaban J connectivity index is 1.87. The summed E-state index contributed by atoms with van der Waals surface area (Å²) in [7, 11) is -4.53.